The summed E-state index contributed by atoms with van der Waals surface area (Å²) in [7, 11) is 0. The minimum atomic E-state index is -0.927. The summed E-state index contributed by atoms with van der Waals surface area (Å²) in [5.74, 6) is -1.78. The first-order valence-electron chi connectivity index (χ1n) is 7.26. The van der Waals surface area contributed by atoms with Crippen LogP contribution in [0.25, 0.3) is 0 Å². The van der Waals surface area contributed by atoms with E-state index in [1.807, 2.05) is 30.3 Å². The van der Waals surface area contributed by atoms with Crippen LogP contribution in [0.2, 0.25) is 0 Å². The molecule has 23 heavy (non-hydrogen) atoms. The number of benzene rings is 1. The van der Waals surface area contributed by atoms with Gasteiger partial charge in [-0.15, -0.1) is 0 Å². The maximum Gasteiger partial charge on any atom is 0.326 e. The maximum atomic E-state index is 12.1. The van der Waals surface area contributed by atoms with Gasteiger partial charge in [0.2, 0.25) is 5.91 Å². The Balaban J connectivity index is 1.82. The average Bonchev–Trinajstić information content (AvgIpc) is 2.51. The number of alkyl halides is 1. The first-order valence-corrected chi connectivity index (χ1v) is 8.50. The number of ether oxygens (including phenoxy) is 1. The maximum absolute atomic E-state index is 12.1. The van der Waals surface area contributed by atoms with Gasteiger partial charge in [-0.25, -0.2) is 0 Å². The predicted molar refractivity (Wildman–Crippen MR) is 90.8 cm³/mol. The van der Waals surface area contributed by atoms with Crippen molar-refractivity contribution < 1.29 is 24.2 Å². The molecule has 4 atom stereocenters. The molecule has 2 rings (SSSR count). The summed E-state index contributed by atoms with van der Waals surface area (Å²) in [6.07, 6.45) is -0.811. The number of β-lactam (4-membered cyclic amide) rings is 1. The van der Waals surface area contributed by atoms with Gasteiger partial charge in [-0.05, 0) is 12.5 Å². The molecule has 0 bridgehead atoms. The molecule has 1 aliphatic rings. The molecule has 124 valence electrons. The van der Waals surface area contributed by atoms with E-state index in [-0.39, 0.29) is 24.7 Å². The second kappa shape index (κ2) is 7.87. The van der Waals surface area contributed by atoms with Gasteiger partial charge < -0.3 is 15.2 Å². The van der Waals surface area contributed by atoms with Crippen LogP contribution in [0.5, 0.6) is 0 Å². The van der Waals surface area contributed by atoms with Crippen LogP contribution in [0.3, 0.4) is 0 Å². The number of rotatable bonds is 7. The van der Waals surface area contributed by atoms with E-state index in [1.165, 1.54) is 6.92 Å². The summed E-state index contributed by atoms with van der Waals surface area (Å²) in [6, 6.07) is 8.77. The number of hydrogen-bond acceptors (Lipinski definition) is 5. The number of aliphatic hydroxyl groups excluding tert-OH is 1. The van der Waals surface area contributed by atoms with Crippen molar-refractivity contribution in [3.63, 3.8) is 0 Å². The number of carbonyl (C=O) groups is 3. The molecule has 1 saturated heterocycles. The van der Waals surface area contributed by atoms with Crippen molar-refractivity contribution in [2.24, 2.45) is 5.92 Å². The Morgan fingerprint density at radius 3 is 2.57 bits per heavy atom. The molecule has 1 aromatic carbocycles. The highest BCUT2D eigenvalue weighted by molar-refractivity contribution is 14.1. The van der Waals surface area contributed by atoms with Gasteiger partial charge in [0.15, 0.2) is 9.71 Å². The molecule has 7 heteroatoms. The number of carbonyl (C=O) groups excluding carboxylic acids is 3. The van der Waals surface area contributed by atoms with Crippen molar-refractivity contribution in [1.82, 2.24) is 5.32 Å². The smallest absolute Gasteiger partial charge is 0.326 e. The topological polar surface area (TPSA) is 92.7 Å². The van der Waals surface area contributed by atoms with E-state index in [2.05, 4.69) is 5.32 Å². The molecule has 0 aliphatic carbocycles. The number of hydrogen-bond donors (Lipinski definition) is 2. The summed E-state index contributed by atoms with van der Waals surface area (Å²) >= 11 is 1.74. The van der Waals surface area contributed by atoms with Gasteiger partial charge in [-0.3, -0.25) is 14.4 Å². The fourth-order valence-corrected chi connectivity index (χ4v) is 2.88. The van der Waals surface area contributed by atoms with E-state index in [0.717, 1.165) is 5.56 Å². The molecular formula is C16H18INO5. The van der Waals surface area contributed by atoms with Crippen molar-refractivity contribution in [1.29, 1.82) is 0 Å². The molecule has 0 aromatic heterocycles. The zero-order valence-electron chi connectivity index (χ0n) is 12.6. The number of amides is 1. The van der Waals surface area contributed by atoms with Crippen LogP contribution in [0.4, 0.5) is 0 Å². The van der Waals surface area contributed by atoms with Gasteiger partial charge in [0, 0.05) is 12.5 Å². The molecule has 0 saturated carbocycles. The molecule has 0 spiro atoms. The normalized spacial score (nSPS) is 22.5. The quantitative estimate of drug-likeness (QED) is 0.221. The Morgan fingerprint density at radius 2 is 2.00 bits per heavy atom. The van der Waals surface area contributed by atoms with Crippen molar-refractivity contribution in [2.45, 2.75) is 36.0 Å². The standard InChI is InChI=1S/C16H18INO5/c1-9(19)13-11(18-15(13)21)7-12(20)14(17)16(22)23-8-10-5-3-2-4-6-10/h2-6,9,11,13-14,19H,7-8H2,1H3,(H,18,21)/t9-,11-,13-,14?/m1/s1. The predicted octanol–water partition coefficient (Wildman–Crippen LogP) is 0.988. The molecule has 1 fully saturated rings. The van der Waals surface area contributed by atoms with Gasteiger partial charge in [0.1, 0.15) is 6.61 Å². The monoisotopic (exact) mass is 431 g/mol. The number of nitrogens with one attached hydrogen (secondary N) is 1. The molecule has 2 N–H and O–H groups in total. The van der Waals surface area contributed by atoms with Crippen molar-refractivity contribution in [2.75, 3.05) is 0 Å². The second-order valence-corrected chi connectivity index (χ2v) is 6.75. The summed E-state index contributed by atoms with van der Waals surface area (Å²) in [6.45, 7) is 1.62. The third-order valence-corrected chi connectivity index (χ3v) is 4.92. The zero-order valence-corrected chi connectivity index (χ0v) is 14.7. The van der Waals surface area contributed by atoms with E-state index in [4.69, 9.17) is 4.74 Å². The lowest BCUT2D eigenvalue weighted by Gasteiger charge is -2.38. The molecule has 1 unspecified atom stereocenters. The van der Waals surface area contributed by atoms with Crippen LogP contribution in [0, 0.1) is 5.92 Å². The molecular weight excluding hydrogens is 413 g/mol. The van der Waals surface area contributed by atoms with Crippen LogP contribution >= 0.6 is 22.6 Å². The minimum absolute atomic E-state index is 0.00928. The van der Waals surface area contributed by atoms with Crippen molar-refractivity contribution in [3.8, 4) is 0 Å². The van der Waals surface area contributed by atoms with E-state index in [0.29, 0.717) is 0 Å². The largest absolute Gasteiger partial charge is 0.460 e. The van der Waals surface area contributed by atoms with Gasteiger partial charge in [0.25, 0.3) is 0 Å². The molecule has 0 radical (unpaired) electrons. The first-order chi connectivity index (χ1) is 10.9. The Morgan fingerprint density at radius 1 is 1.35 bits per heavy atom. The van der Waals surface area contributed by atoms with E-state index in [1.54, 1.807) is 22.6 Å². The third kappa shape index (κ3) is 4.51. The minimum Gasteiger partial charge on any atom is -0.460 e. The Labute approximate surface area is 147 Å². The summed E-state index contributed by atoms with van der Waals surface area (Å²) in [5, 5.41) is 12.1. The second-order valence-electron chi connectivity index (χ2n) is 5.51. The Bertz CT molecular complexity index is 589. The third-order valence-electron chi connectivity index (χ3n) is 3.72. The highest BCUT2D eigenvalue weighted by atomic mass is 127. The van der Waals surface area contributed by atoms with Crippen molar-refractivity contribution >= 4 is 40.3 Å². The summed E-state index contributed by atoms with van der Waals surface area (Å²) in [5.41, 5.74) is 0.845. The summed E-state index contributed by atoms with van der Waals surface area (Å²) < 4.78 is 4.21. The number of ketones is 1. The van der Waals surface area contributed by atoms with Crippen molar-refractivity contribution in [3.05, 3.63) is 35.9 Å². The first kappa shape index (κ1) is 17.9. The van der Waals surface area contributed by atoms with Gasteiger partial charge in [0.05, 0.1) is 12.0 Å². The summed E-state index contributed by atoms with van der Waals surface area (Å²) in [4.78, 5) is 35.4. The number of Topliss-reactive ketones (excluding diaryl/α,β-unsaturated/α-hetero) is 1. The van der Waals surface area contributed by atoms with Gasteiger partial charge in [-0.2, -0.15) is 0 Å². The lowest BCUT2D eigenvalue weighted by Crippen LogP contribution is -2.62. The highest BCUT2D eigenvalue weighted by Crippen LogP contribution is 2.24. The highest BCUT2D eigenvalue weighted by Gasteiger charge is 2.44. The lowest BCUT2D eigenvalue weighted by atomic mass is 9.83. The number of esters is 1. The number of halogens is 1. The lowest BCUT2D eigenvalue weighted by molar-refractivity contribution is -0.146. The molecule has 1 aromatic rings. The molecule has 1 amide bonds. The Hall–Kier alpha value is -1.48. The van der Waals surface area contributed by atoms with E-state index < -0.39 is 28.0 Å². The van der Waals surface area contributed by atoms with Gasteiger partial charge in [-0.1, -0.05) is 52.9 Å². The van der Waals surface area contributed by atoms with E-state index >= 15 is 0 Å². The van der Waals surface area contributed by atoms with E-state index in [9.17, 15) is 19.5 Å². The van der Waals surface area contributed by atoms with Gasteiger partial charge >= 0.3 is 5.97 Å². The fraction of sp³-hybridized carbons (Fsp3) is 0.438. The molecule has 6 nitrogen and oxygen atoms in total. The van der Waals surface area contributed by atoms with Crippen LogP contribution in [-0.2, 0) is 25.7 Å². The van der Waals surface area contributed by atoms with Crippen LogP contribution in [-0.4, -0.2) is 38.8 Å². The van der Waals surface area contributed by atoms with Crippen LogP contribution in [0.15, 0.2) is 30.3 Å². The van der Waals surface area contributed by atoms with Crippen LogP contribution < -0.4 is 5.32 Å². The van der Waals surface area contributed by atoms with Crippen LogP contribution in [0.1, 0.15) is 18.9 Å². The molecule has 1 heterocycles. The zero-order chi connectivity index (χ0) is 17.0. The molecule has 1 aliphatic heterocycles. The number of aliphatic hydroxyl groups is 1. The SMILES string of the molecule is C[C@@H](O)[C@H]1C(=O)N[C@@H]1CC(=O)C(I)C(=O)OCc1ccccc1. The Kier molecular flexibility index (Phi) is 6.11. The fourth-order valence-electron chi connectivity index (χ4n) is 2.44. The average molecular weight is 431 g/mol.